The summed E-state index contributed by atoms with van der Waals surface area (Å²) in [6.45, 7) is 1.78. The number of likely N-dealkylation sites (tertiary alicyclic amines) is 1. The third kappa shape index (κ3) is 3.21. The lowest BCUT2D eigenvalue weighted by Gasteiger charge is -2.34. The minimum atomic E-state index is -0.963. The van der Waals surface area contributed by atoms with Gasteiger partial charge in [-0.1, -0.05) is 12.1 Å². The normalized spacial score (nSPS) is 28.5. The van der Waals surface area contributed by atoms with Gasteiger partial charge in [-0.2, -0.15) is 0 Å². The van der Waals surface area contributed by atoms with Gasteiger partial charge in [0.05, 0.1) is 11.1 Å². The number of benzene rings is 1. The van der Waals surface area contributed by atoms with Crippen molar-refractivity contribution in [2.75, 3.05) is 13.1 Å². The largest absolute Gasteiger partial charge is 0.326 e. The second kappa shape index (κ2) is 7.08. The van der Waals surface area contributed by atoms with Crippen LogP contribution in [0.2, 0.25) is 0 Å². The maximum Gasteiger partial charge on any atom is 0.262 e. The molecule has 3 aliphatic heterocycles. The number of nitrogens with one attached hydrogen (secondary N) is 1. The number of amides is 4. The lowest BCUT2D eigenvalue weighted by atomic mass is 9.99. The smallest absolute Gasteiger partial charge is 0.262 e. The first kappa shape index (κ1) is 18.7. The summed E-state index contributed by atoms with van der Waals surface area (Å²) in [5, 5.41) is 2.20. The zero-order valence-corrected chi connectivity index (χ0v) is 15.4. The van der Waals surface area contributed by atoms with Gasteiger partial charge in [0.15, 0.2) is 0 Å². The van der Waals surface area contributed by atoms with E-state index in [-0.39, 0.29) is 30.5 Å². The van der Waals surface area contributed by atoms with Crippen LogP contribution in [0.5, 0.6) is 0 Å². The molecule has 1 aromatic rings. The van der Waals surface area contributed by atoms with Crippen molar-refractivity contribution < 1.29 is 19.2 Å². The fraction of sp³-hybridized carbons (Fsp3) is 0.474. The van der Waals surface area contributed by atoms with Gasteiger partial charge in [-0.15, -0.1) is 0 Å². The SMILES string of the molecule is N[C@@H]1C[C@H](N)CN(Cc2cccc3c2C(=O)N(C2CCC(=O)NC2=O)C3=O)C1. The Morgan fingerprint density at radius 2 is 1.75 bits per heavy atom. The molecule has 2 saturated heterocycles. The molecule has 9 heteroatoms. The average Bonchev–Trinajstić information content (AvgIpc) is 2.86. The Morgan fingerprint density at radius 1 is 1.04 bits per heavy atom. The van der Waals surface area contributed by atoms with E-state index in [1.54, 1.807) is 12.1 Å². The standard InChI is InChI=1S/C19H23N5O4/c20-11-6-12(21)9-23(8-11)7-10-2-1-3-13-16(10)19(28)24(18(13)27)14-4-5-15(25)22-17(14)26/h1-3,11-12,14H,4-9,20-21H2,(H,22,25,26)/t11-,12+,14?. The molecule has 1 aromatic carbocycles. The van der Waals surface area contributed by atoms with Crippen LogP contribution in [-0.4, -0.2) is 64.6 Å². The van der Waals surface area contributed by atoms with Crippen LogP contribution in [0.15, 0.2) is 18.2 Å². The van der Waals surface area contributed by atoms with Crippen LogP contribution in [0, 0.1) is 0 Å². The summed E-state index contributed by atoms with van der Waals surface area (Å²) < 4.78 is 0. The number of imide groups is 2. The predicted molar refractivity (Wildman–Crippen MR) is 99.0 cm³/mol. The van der Waals surface area contributed by atoms with Crippen molar-refractivity contribution in [1.29, 1.82) is 0 Å². The lowest BCUT2D eigenvalue weighted by Crippen LogP contribution is -2.54. The third-order valence-corrected chi connectivity index (χ3v) is 5.54. The van der Waals surface area contributed by atoms with E-state index in [1.807, 2.05) is 6.07 Å². The van der Waals surface area contributed by atoms with E-state index in [1.165, 1.54) is 0 Å². The summed E-state index contributed by atoms with van der Waals surface area (Å²) in [4.78, 5) is 52.6. The number of nitrogens with zero attached hydrogens (tertiary/aromatic N) is 2. The van der Waals surface area contributed by atoms with Crippen LogP contribution in [0.25, 0.3) is 0 Å². The van der Waals surface area contributed by atoms with Crippen LogP contribution >= 0.6 is 0 Å². The quantitative estimate of drug-likeness (QED) is 0.564. The average molecular weight is 385 g/mol. The molecule has 28 heavy (non-hydrogen) atoms. The van der Waals surface area contributed by atoms with Crippen molar-refractivity contribution in [3.05, 3.63) is 34.9 Å². The predicted octanol–water partition coefficient (Wildman–Crippen LogP) is -1.05. The monoisotopic (exact) mass is 385 g/mol. The van der Waals surface area contributed by atoms with Gasteiger partial charge in [-0.3, -0.25) is 34.3 Å². The Bertz CT molecular complexity index is 860. The minimum absolute atomic E-state index is 0.0298. The van der Waals surface area contributed by atoms with Gasteiger partial charge in [-0.25, -0.2) is 0 Å². The number of hydrogen-bond acceptors (Lipinski definition) is 7. The number of nitrogens with two attached hydrogens (primary N) is 2. The first-order valence-electron chi connectivity index (χ1n) is 9.42. The molecule has 0 saturated carbocycles. The molecule has 4 amide bonds. The molecule has 0 radical (unpaired) electrons. The van der Waals surface area contributed by atoms with E-state index in [2.05, 4.69) is 10.2 Å². The first-order valence-corrected chi connectivity index (χ1v) is 9.42. The summed E-state index contributed by atoms with van der Waals surface area (Å²) in [5.74, 6) is -1.99. The number of hydrogen-bond donors (Lipinski definition) is 3. The van der Waals surface area contributed by atoms with Crippen LogP contribution in [0.3, 0.4) is 0 Å². The molecular formula is C19H23N5O4. The Morgan fingerprint density at radius 3 is 2.43 bits per heavy atom. The van der Waals surface area contributed by atoms with Crippen LogP contribution in [0.1, 0.15) is 45.5 Å². The van der Waals surface area contributed by atoms with Gasteiger partial charge in [0, 0.05) is 38.1 Å². The molecule has 148 valence electrons. The summed E-state index contributed by atoms with van der Waals surface area (Å²) in [5.41, 5.74) is 13.4. The number of fused-ring (bicyclic) bond motifs is 1. The van der Waals surface area contributed by atoms with Gasteiger partial charge in [0.1, 0.15) is 6.04 Å². The van der Waals surface area contributed by atoms with E-state index in [0.717, 1.165) is 11.3 Å². The maximum atomic E-state index is 13.1. The molecule has 1 unspecified atom stereocenters. The number of rotatable bonds is 3. The topological polar surface area (TPSA) is 139 Å². The molecule has 0 aromatic heterocycles. The highest BCUT2D eigenvalue weighted by Crippen LogP contribution is 2.30. The molecule has 3 heterocycles. The second-order valence-electron chi connectivity index (χ2n) is 7.74. The Labute approximate surface area is 162 Å². The fourth-order valence-corrected chi connectivity index (χ4v) is 4.36. The lowest BCUT2D eigenvalue weighted by molar-refractivity contribution is -0.136. The third-order valence-electron chi connectivity index (χ3n) is 5.54. The van der Waals surface area contributed by atoms with Crippen molar-refractivity contribution in [3.8, 4) is 0 Å². The molecule has 3 aliphatic rings. The Kier molecular flexibility index (Phi) is 4.74. The minimum Gasteiger partial charge on any atom is -0.326 e. The van der Waals surface area contributed by atoms with E-state index >= 15 is 0 Å². The first-order chi connectivity index (χ1) is 13.3. The molecule has 0 aliphatic carbocycles. The van der Waals surface area contributed by atoms with E-state index < -0.39 is 29.7 Å². The van der Waals surface area contributed by atoms with E-state index in [4.69, 9.17) is 11.5 Å². The van der Waals surface area contributed by atoms with Gasteiger partial charge in [0.25, 0.3) is 11.8 Å². The Hall–Kier alpha value is -2.62. The van der Waals surface area contributed by atoms with Crippen molar-refractivity contribution >= 4 is 23.6 Å². The fourth-order valence-electron chi connectivity index (χ4n) is 4.36. The molecule has 2 fully saturated rings. The summed E-state index contributed by atoms with van der Waals surface area (Å²) in [7, 11) is 0. The van der Waals surface area contributed by atoms with Gasteiger partial charge >= 0.3 is 0 Å². The van der Waals surface area contributed by atoms with Crippen LogP contribution in [-0.2, 0) is 16.1 Å². The number of carbonyl (C=O) groups is 4. The highest BCUT2D eigenvalue weighted by atomic mass is 16.2. The summed E-state index contributed by atoms with van der Waals surface area (Å²) >= 11 is 0. The van der Waals surface area contributed by atoms with Gasteiger partial charge in [-0.05, 0) is 24.5 Å². The number of piperidine rings is 2. The van der Waals surface area contributed by atoms with Gasteiger partial charge in [0.2, 0.25) is 11.8 Å². The zero-order chi connectivity index (χ0) is 20.0. The Balaban J connectivity index is 1.61. The van der Waals surface area contributed by atoms with Crippen molar-refractivity contribution in [2.24, 2.45) is 11.5 Å². The van der Waals surface area contributed by atoms with E-state index in [9.17, 15) is 19.2 Å². The summed E-state index contributed by atoms with van der Waals surface area (Å²) in [6.07, 6.45) is 0.992. The van der Waals surface area contributed by atoms with Crippen molar-refractivity contribution in [3.63, 3.8) is 0 Å². The molecule has 9 nitrogen and oxygen atoms in total. The van der Waals surface area contributed by atoms with Crippen LogP contribution < -0.4 is 16.8 Å². The number of carbonyl (C=O) groups excluding carboxylic acids is 4. The summed E-state index contributed by atoms with van der Waals surface area (Å²) in [6, 6.07) is 4.12. The molecule has 0 spiro atoms. The molecule has 3 atom stereocenters. The van der Waals surface area contributed by atoms with Crippen LogP contribution in [0.4, 0.5) is 0 Å². The highest BCUT2D eigenvalue weighted by Gasteiger charge is 2.45. The second-order valence-corrected chi connectivity index (χ2v) is 7.74. The highest BCUT2D eigenvalue weighted by molar-refractivity contribution is 6.24. The maximum absolute atomic E-state index is 13.1. The molecule has 5 N–H and O–H groups in total. The molecule has 0 bridgehead atoms. The van der Waals surface area contributed by atoms with Gasteiger partial charge < -0.3 is 11.5 Å². The van der Waals surface area contributed by atoms with E-state index in [0.29, 0.717) is 30.8 Å². The van der Waals surface area contributed by atoms with Crippen molar-refractivity contribution in [1.82, 2.24) is 15.1 Å². The molecular weight excluding hydrogens is 362 g/mol. The molecule has 4 rings (SSSR count). The van der Waals surface area contributed by atoms with Crippen molar-refractivity contribution in [2.45, 2.75) is 43.9 Å². The zero-order valence-electron chi connectivity index (χ0n) is 15.4.